The smallest absolute Gasteiger partial charge is 0.258 e. The fourth-order valence-electron chi connectivity index (χ4n) is 3.03. The van der Waals surface area contributed by atoms with E-state index in [1.807, 2.05) is 0 Å². The molecule has 1 saturated heterocycles. The Hall–Kier alpha value is -1.66. The number of fused-ring (bicyclic) bond motifs is 1. The Morgan fingerprint density at radius 3 is 2.68 bits per heavy atom. The first-order valence-electron chi connectivity index (χ1n) is 8.47. The van der Waals surface area contributed by atoms with Gasteiger partial charge >= 0.3 is 0 Å². The van der Waals surface area contributed by atoms with Gasteiger partial charge in [0, 0.05) is 55.1 Å². The summed E-state index contributed by atoms with van der Waals surface area (Å²) in [6.07, 6.45) is 0.815. The van der Waals surface area contributed by atoms with Crippen molar-refractivity contribution in [1.82, 2.24) is 18.9 Å². The zero-order valence-electron chi connectivity index (χ0n) is 15.3. The van der Waals surface area contributed by atoms with Crippen LogP contribution in [0.15, 0.2) is 29.3 Å². The molecule has 2 heterocycles. The molecule has 0 radical (unpaired) electrons. The van der Waals surface area contributed by atoms with Gasteiger partial charge in [-0.15, -0.1) is 0 Å². The van der Waals surface area contributed by atoms with Crippen molar-refractivity contribution in [2.75, 3.05) is 32.9 Å². The summed E-state index contributed by atoms with van der Waals surface area (Å²) < 4.78 is 51.0. The Bertz CT molecular complexity index is 1110. The van der Waals surface area contributed by atoms with E-state index in [1.165, 1.54) is 17.4 Å². The number of nitrogens with one attached hydrogen (secondary N) is 2. The highest BCUT2D eigenvalue weighted by atomic mass is 35.5. The van der Waals surface area contributed by atoms with E-state index < -0.39 is 32.0 Å². The lowest BCUT2D eigenvalue weighted by Crippen LogP contribution is -2.54. The molecule has 12 heteroatoms. The van der Waals surface area contributed by atoms with E-state index in [9.17, 15) is 21.6 Å². The van der Waals surface area contributed by atoms with Crippen molar-refractivity contribution in [3.8, 4) is 0 Å². The van der Waals surface area contributed by atoms with E-state index in [4.69, 9.17) is 11.6 Å². The molecule has 28 heavy (non-hydrogen) atoms. The van der Waals surface area contributed by atoms with E-state index >= 15 is 0 Å². The zero-order valence-corrected chi connectivity index (χ0v) is 17.7. The van der Waals surface area contributed by atoms with Gasteiger partial charge in [0.1, 0.15) is 5.03 Å². The van der Waals surface area contributed by atoms with Crippen molar-refractivity contribution in [2.24, 2.45) is 0 Å². The van der Waals surface area contributed by atoms with Crippen molar-refractivity contribution in [1.29, 1.82) is 0 Å². The Kier molecular flexibility index (Phi) is 5.74. The molecule has 0 spiro atoms. The predicted molar refractivity (Wildman–Crippen MR) is 106 cm³/mol. The average molecular weight is 449 g/mol. The summed E-state index contributed by atoms with van der Waals surface area (Å²) in [6, 6.07) is 6.08. The molecule has 1 atom stereocenters. The monoisotopic (exact) mass is 448 g/mol. The van der Waals surface area contributed by atoms with E-state index in [1.54, 1.807) is 18.2 Å². The number of amides is 1. The Morgan fingerprint density at radius 1 is 1.29 bits per heavy atom. The first-order valence-corrected chi connectivity index (χ1v) is 12.1. The van der Waals surface area contributed by atoms with Crippen LogP contribution in [0.3, 0.4) is 0 Å². The predicted octanol–water partition coefficient (Wildman–Crippen LogP) is 0.592. The summed E-state index contributed by atoms with van der Waals surface area (Å²) in [4.78, 5) is 15.0. The number of aromatic nitrogens is 1. The molecule has 0 bridgehead atoms. The van der Waals surface area contributed by atoms with Gasteiger partial charge in [-0.25, -0.2) is 21.1 Å². The second kappa shape index (κ2) is 7.64. The highest BCUT2D eigenvalue weighted by Gasteiger charge is 2.33. The number of carbonyl (C=O) groups excluding carboxylic acids is 1. The molecule has 154 valence electrons. The number of carbonyl (C=O) groups is 1. The standard InChI is InChI=1S/C16H21ClN4O5S2/c1-20(27(2,23)24)16(22)9-13-10-21(6-5-18-13)28(25,26)15-8-11-7-12(17)3-4-14(11)19-15/h3-4,7-8,13,18-19H,5-6,9-10H2,1-2H3. The summed E-state index contributed by atoms with van der Waals surface area (Å²) in [7, 11) is -6.27. The molecular formula is C16H21ClN4O5S2. The maximum Gasteiger partial charge on any atom is 0.258 e. The van der Waals surface area contributed by atoms with Gasteiger partial charge in [0.15, 0.2) is 0 Å². The molecule has 2 aromatic rings. The van der Waals surface area contributed by atoms with Gasteiger partial charge in [0.25, 0.3) is 10.0 Å². The van der Waals surface area contributed by atoms with Gasteiger partial charge in [-0.05, 0) is 24.3 Å². The lowest BCUT2D eigenvalue weighted by Gasteiger charge is -2.32. The molecule has 0 aliphatic carbocycles. The van der Waals surface area contributed by atoms with Crippen molar-refractivity contribution in [3.63, 3.8) is 0 Å². The molecule has 2 N–H and O–H groups in total. The van der Waals surface area contributed by atoms with E-state index in [2.05, 4.69) is 10.3 Å². The number of hydrogen-bond donors (Lipinski definition) is 2. The minimum Gasteiger partial charge on any atom is -0.345 e. The second-order valence-electron chi connectivity index (χ2n) is 6.71. The third kappa shape index (κ3) is 4.33. The van der Waals surface area contributed by atoms with Crippen LogP contribution in [0.4, 0.5) is 0 Å². The number of nitrogens with zero attached hydrogens (tertiary/aromatic N) is 2. The van der Waals surface area contributed by atoms with Crippen LogP contribution in [0, 0.1) is 0 Å². The molecule has 1 aliphatic heterocycles. The normalized spacial score (nSPS) is 19.0. The van der Waals surface area contributed by atoms with Crippen LogP contribution in [0.5, 0.6) is 0 Å². The quantitative estimate of drug-likeness (QED) is 0.690. The van der Waals surface area contributed by atoms with Gasteiger partial charge < -0.3 is 10.3 Å². The third-order valence-corrected chi connectivity index (χ3v) is 7.88. The maximum absolute atomic E-state index is 13.0. The van der Waals surface area contributed by atoms with Crippen molar-refractivity contribution < 1.29 is 21.6 Å². The number of sulfonamides is 2. The summed E-state index contributed by atoms with van der Waals surface area (Å²) in [5, 5.41) is 4.30. The minimum atomic E-state index is -3.80. The SMILES string of the molecule is CN(C(=O)CC1CN(S(=O)(=O)c2cc3cc(Cl)ccc3[nH]2)CCN1)S(C)(=O)=O. The minimum absolute atomic E-state index is 0.0463. The van der Waals surface area contributed by atoms with Gasteiger partial charge in [-0.2, -0.15) is 4.31 Å². The topological polar surface area (TPSA) is 120 Å². The molecule has 1 aromatic carbocycles. The summed E-state index contributed by atoms with van der Waals surface area (Å²) in [5.74, 6) is -0.598. The molecule has 1 fully saturated rings. The van der Waals surface area contributed by atoms with Crippen molar-refractivity contribution >= 4 is 48.5 Å². The lowest BCUT2D eigenvalue weighted by molar-refractivity contribution is -0.126. The number of rotatable bonds is 5. The van der Waals surface area contributed by atoms with E-state index in [0.717, 1.165) is 6.26 Å². The number of halogens is 1. The van der Waals surface area contributed by atoms with Crippen LogP contribution in [0.1, 0.15) is 6.42 Å². The van der Waals surface area contributed by atoms with E-state index in [0.29, 0.717) is 26.8 Å². The highest BCUT2D eigenvalue weighted by molar-refractivity contribution is 7.89. The molecule has 9 nitrogen and oxygen atoms in total. The highest BCUT2D eigenvalue weighted by Crippen LogP contribution is 2.25. The summed E-state index contributed by atoms with van der Waals surface area (Å²) >= 11 is 5.96. The molecule has 1 aliphatic rings. The summed E-state index contributed by atoms with van der Waals surface area (Å²) in [5.41, 5.74) is 0.652. The average Bonchev–Trinajstić information content (AvgIpc) is 3.04. The first-order chi connectivity index (χ1) is 13.0. The fraction of sp³-hybridized carbons (Fsp3) is 0.438. The van der Waals surface area contributed by atoms with Gasteiger partial charge in [-0.1, -0.05) is 11.6 Å². The van der Waals surface area contributed by atoms with Crippen LogP contribution in [-0.4, -0.2) is 75.3 Å². The number of aromatic amines is 1. The van der Waals surface area contributed by atoms with Crippen molar-refractivity contribution in [3.05, 3.63) is 29.3 Å². The molecule has 1 aromatic heterocycles. The van der Waals surface area contributed by atoms with Gasteiger partial charge in [-0.3, -0.25) is 4.79 Å². The third-order valence-electron chi connectivity index (χ3n) is 4.66. The Balaban J connectivity index is 1.77. The second-order valence-corrected chi connectivity index (χ2v) is 11.1. The first kappa shape index (κ1) is 21.1. The van der Waals surface area contributed by atoms with E-state index in [-0.39, 0.29) is 24.5 Å². The van der Waals surface area contributed by atoms with Crippen LogP contribution in [0.25, 0.3) is 10.9 Å². The Labute approximate surface area is 168 Å². The maximum atomic E-state index is 13.0. The number of piperazine rings is 1. The zero-order chi connectivity index (χ0) is 20.7. The number of hydrogen-bond acceptors (Lipinski definition) is 6. The van der Waals surface area contributed by atoms with Gasteiger partial charge in [0.2, 0.25) is 15.9 Å². The number of H-pyrrole nitrogens is 1. The van der Waals surface area contributed by atoms with Gasteiger partial charge in [0.05, 0.1) is 6.26 Å². The number of benzene rings is 1. The molecule has 1 amide bonds. The largest absolute Gasteiger partial charge is 0.345 e. The molecule has 0 saturated carbocycles. The van der Waals surface area contributed by atoms with Crippen LogP contribution in [0.2, 0.25) is 5.02 Å². The molecular weight excluding hydrogens is 428 g/mol. The van der Waals surface area contributed by atoms with Crippen molar-refractivity contribution in [2.45, 2.75) is 17.5 Å². The Morgan fingerprint density at radius 2 is 2.00 bits per heavy atom. The van der Waals surface area contributed by atoms with Crippen LogP contribution >= 0.6 is 11.6 Å². The fourth-order valence-corrected chi connectivity index (χ4v) is 5.16. The lowest BCUT2D eigenvalue weighted by atomic mass is 10.1. The van der Waals surface area contributed by atoms with Crippen LogP contribution in [-0.2, 0) is 24.8 Å². The summed E-state index contributed by atoms with van der Waals surface area (Å²) in [6.45, 7) is 0.651. The molecule has 3 rings (SSSR count). The van der Waals surface area contributed by atoms with Crippen LogP contribution < -0.4 is 5.32 Å². The molecule has 1 unspecified atom stereocenters.